The molecule has 0 aliphatic heterocycles. The van der Waals surface area contributed by atoms with Gasteiger partial charge in [-0.2, -0.15) is 13.2 Å². The Morgan fingerprint density at radius 1 is 1.20 bits per heavy atom. The number of nitro benzene ring substituents is 1. The first-order chi connectivity index (χ1) is 11.6. The number of thiol groups is 1. The molecule has 0 spiro atoms. The summed E-state index contributed by atoms with van der Waals surface area (Å²) in [5.74, 6) is 0. The van der Waals surface area contributed by atoms with Crippen molar-refractivity contribution in [3.63, 3.8) is 0 Å². The molecular formula is C14H7Cl2F3N2O3S. The zero-order chi connectivity index (χ0) is 18.9. The van der Waals surface area contributed by atoms with Crippen molar-refractivity contribution in [2.45, 2.75) is 11.1 Å². The van der Waals surface area contributed by atoms with Gasteiger partial charge in [-0.1, -0.05) is 23.2 Å². The average molecular weight is 411 g/mol. The van der Waals surface area contributed by atoms with Crippen LogP contribution in [-0.4, -0.2) is 11.3 Å². The van der Waals surface area contributed by atoms with Crippen LogP contribution in [0.2, 0.25) is 10.0 Å². The summed E-state index contributed by atoms with van der Waals surface area (Å²) in [6, 6.07) is 4.54. The van der Waals surface area contributed by atoms with E-state index in [2.05, 4.69) is 12.6 Å². The Kier molecular flexibility index (Phi) is 5.50. The molecule has 25 heavy (non-hydrogen) atoms. The molecule has 11 heteroatoms. The highest BCUT2D eigenvalue weighted by Gasteiger charge is 2.34. The minimum Gasteiger partial charge on any atom is -0.278 e. The van der Waals surface area contributed by atoms with E-state index >= 15 is 0 Å². The molecule has 1 amide bonds. The molecule has 0 radical (unpaired) electrons. The van der Waals surface area contributed by atoms with Crippen molar-refractivity contribution in [1.29, 1.82) is 0 Å². The van der Waals surface area contributed by atoms with Gasteiger partial charge in [0.15, 0.2) is 0 Å². The van der Waals surface area contributed by atoms with Crippen LogP contribution >= 0.6 is 35.8 Å². The number of benzene rings is 2. The molecule has 0 N–H and O–H groups in total. The number of rotatable bonds is 4. The third-order valence-corrected chi connectivity index (χ3v) is 4.31. The van der Waals surface area contributed by atoms with Gasteiger partial charge in [-0.3, -0.25) is 19.8 Å². The number of carbonyl (C=O) groups excluding carboxylic acids is 1. The molecule has 0 aliphatic carbocycles. The quantitative estimate of drug-likeness (QED) is 0.313. The van der Waals surface area contributed by atoms with E-state index in [4.69, 9.17) is 23.2 Å². The molecule has 0 saturated carbocycles. The SMILES string of the molecule is O=CN(c1ccc(C(F)(F)F)cc1[N+](=O)[O-])c1c(S)ccc(Cl)c1Cl. The molecule has 0 heterocycles. The summed E-state index contributed by atoms with van der Waals surface area (Å²) in [6.07, 6.45) is -4.61. The zero-order valence-electron chi connectivity index (χ0n) is 11.9. The smallest absolute Gasteiger partial charge is 0.278 e. The third kappa shape index (κ3) is 3.83. The molecule has 2 rings (SSSR count). The number of nitro groups is 1. The number of carbonyl (C=O) groups is 1. The summed E-state index contributed by atoms with van der Waals surface area (Å²) in [4.78, 5) is 22.6. The second-order valence-corrected chi connectivity index (χ2v) is 5.93. The Balaban J connectivity index is 2.73. The predicted octanol–water partition coefficient (Wildman–Crippen LogP) is 5.50. The summed E-state index contributed by atoms with van der Waals surface area (Å²) >= 11 is 16.0. The van der Waals surface area contributed by atoms with Crippen molar-refractivity contribution >= 4 is 59.3 Å². The highest BCUT2D eigenvalue weighted by molar-refractivity contribution is 7.80. The minimum absolute atomic E-state index is 0.0379. The minimum atomic E-state index is -4.78. The molecule has 5 nitrogen and oxygen atoms in total. The van der Waals surface area contributed by atoms with Crippen LogP contribution in [0.1, 0.15) is 5.56 Å². The molecular weight excluding hydrogens is 404 g/mol. The number of hydrogen-bond donors (Lipinski definition) is 1. The second-order valence-electron chi connectivity index (χ2n) is 4.66. The molecule has 0 fully saturated rings. The summed E-state index contributed by atoms with van der Waals surface area (Å²) in [6.45, 7) is 0. The van der Waals surface area contributed by atoms with Gasteiger partial charge < -0.3 is 0 Å². The van der Waals surface area contributed by atoms with Gasteiger partial charge in [-0.15, -0.1) is 12.6 Å². The normalized spacial score (nSPS) is 11.3. The molecule has 0 saturated heterocycles. The van der Waals surface area contributed by atoms with E-state index in [0.717, 1.165) is 11.0 Å². The van der Waals surface area contributed by atoms with Gasteiger partial charge in [0.25, 0.3) is 5.69 Å². The van der Waals surface area contributed by atoms with Gasteiger partial charge in [0, 0.05) is 11.0 Å². The van der Waals surface area contributed by atoms with Gasteiger partial charge in [-0.05, 0) is 24.3 Å². The summed E-state index contributed by atoms with van der Waals surface area (Å²) < 4.78 is 38.4. The van der Waals surface area contributed by atoms with Crippen LogP contribution in [-0.2, 0) is 11.0 Å². The summed E-state index contributed by atoms with van der Waals surface area (Å²) in [7, 11) is 0. The number of amides is 1. The fourth-order valence-electron chi connectivity index (χ4n) is 2.04. The van der Waals surface area contributed by atoms with Gasteiger partial charge in [0.2, 0.25) is 6.41 Å². The van der Waals surface area contributed by atoms with Gasteiger partial charge >= 0.3 is 6.18 Å². The van der Waals surface area contributed by atoms with Crippen LogP contribution in [0, 0.1) is 10.1 Å². The van der Waals surface area contributed by atoms with E-state index in [1.54, 1.807) is 0 Å². The third-order valence-electron chi connectivity index (χ3n) is 3.15. The van der Waals surface area contributed by atoms with E-state index in [1.165, 1.54) is 12.1 Å². The van der Waals surface area contributed by atoms with Gasteiger partial charge in [-0.25, -0.2) is 0 Å². The Labute approximate surface area is 154 Å². The monoisotopic (exact) mass is 410 g/mol. The maximum absolute atomic E-state index is 12.8. The first-order valence-corrected chi connectivity index (χ1v) is 7.55. The predicted molar refractivity (Wildman–Crippen MR) is 90.0 cm³/mol. The lowest BCUT2D eigenvalue weighted by Crippen LogP contribution is -2.18. The van der Waals surface area contributed by atoms with Crippen LogP contribution in [0.5, 0.6) is 0 Å². The second kappa shape index (κ2) is 7.11. The molecule has 0 aromatic heterocycles. The van der Waals surface area contributed by atoms with E-state index in [9.17, 15) is 28.1 Å². The number of anilines is 2. The number of hydrogen-bond acceptors (Lipinski definition) is 4. The fraction of sp³-hybridized carbons (Fsp3) is 0.0714. The molecule has 2 aromatic carbocycles. The van der Waals surface area contributed by atoms with Crippen molar-refractivity contribution in [3.8, 4) is 0 Å². The van der Waals surface area contributed by atoms with E-state index in [-0.39, 0.29) is 27.0 Å². The molecule has 0 unspecified atom stereocenters. The van der Waals surface area contributed by atoms with Gasteiger partial charge in [0.05, 0.1) is 26.2 Å². The standard InChI is InChI=1S/C14H7Cl2F3N2O3S/c15-8-2-4-11(25)13(12(8)16)20(6-22)9-3-1-7(14(17,18)19)5-10(9)21(23)24/h1-6,25H. The molecule has 0 atom stereocenters. The van der Waals surface area contributed by atoms with Gasteiger partial charge in [0.1, 0.15) is 5.69 Å². The highest BCUT2D eigenvalue weighted by atomic mass is 35.5. The molecule has 2 aromatic rings. The van der Waals surface area contributed by atoms with Crippen LogP contribution in [0.25, 0.3) is 0 Å². The lowest BCUT2D eigenvalue weighted by molar-refractivity contribution is -0.384. The van der Waals surface area contributed by atoms with Crippen molar-refractivity contribution in [2.24, 2.45) is 0 Å². The lowest BCUT2D eigenvalue weighted by Gasteiger charge is -2.21. The van der Waals surface area contributed by atoms with Crippen molar-refractivity contribution in [2.75, 3.05) is 4.90 Å². The van der Waals surface area contributed by atoms with Crippen LogP contribution in [0.4, 0.5) is 30.2 Å². The lowest BCUT2D eigenvalue weighted by atomic mass is 10.1. The Hall–Kier alpha value is -1.97. The van der Waals surface area contributed by atoms with Crippen molar-refractivity contribution in [3.05, 3.63) is 56.1 Å². The first-order valence-electron chi connectivity index (χ1n) is 6.35. The molecule has 0 bridgehead atoms. The van der Waals surface area contributed by atoms with E-state index < -0.39 is 28.0 Å². The van der Waals surface area contributed by atoms with Crippen molar-refractivity contribution in [1.82, 2.24) is 0 Å². The van der Waals surface area contributed by atoms with Crippen molar-refractivity contribution < 1.29 is 22.9 Å². The van der Waals surface area contributed by atoms with Crippen LogP contribution in [0.15, 0.2) is 35.2 Å². The molecule has 0 aliphatic rings. The van der Waals surface area contributed by atoms with E-state index in [1.807, 2.05) is 0 Å². The molecule has 132 valence electrons. The highest BCUT2D eigenvalue weighted by Crippen LogP contribution is 2.44. The van der Waals surface area contributed by atoms with E-state index in [0.29, 0.717) is 12.1 Å². The zero-order valence-corrected chi connectivity index (χ0v) is 14.3. The number of nitrogens with zero attached hydrogens (tertiary/aromatic N) is 2. The number of alkyl halides is 3. The topological polar surface area (TPSA) is 63.5 Å². The largest absolute Gasteiger partial charge is 0.416 e. The Morgan fingerprint density at radius 3 is 2.36 bits per heavy atom. The number of halogens is 5. The Morgan fingerprint density at radius 2 is 1.84 bits per heavy atom. The summed E-state index contributed by atoms with van der Waals surface area (Å²) in [5, 5.41) is 11.1. The fourth-order valence-corrected chi connectivity index (χ4v) is 2.81. The first kappa shape index (κ1) is 19.4. The average Bonchev–Trinajstić information content (AvgIpc) is 2.53. The Bertz CT molecular complexity index is 862. The maximum atomic E-state index is 12.8. The summed E-state index contributed by atoms with van der Waals surface area (Å²) in [5.41, 5.74) is -2.65. The van der Waals surface area contributed by atoms with Crippen LogP contribution in [0.3, 0.4) is 0 Å². The maximum Gasteiger partial charge on any atom is 0.416 e. The van der Waals surface area contributed by atoms with Crippen LogP contribution < -0.4 is 4.90 Å².